The molecule has 1 aromatic carbocycles. The second kappa shape index (κ2) is 15.9. The van der Waals surface area contributed by atoms with E-state index in [4.69, 9.17) is 9.15 Å². The van der Waals surface area contributed by atoms with Crippen LogP contribution in [-0.4, -0.2) is 15.9 Å². The number of aromatic nitrogens is 2. The maximum absolute atomic E-state index is 12.4. The zero-order chi connectivity index (χ0) is 25.4. The molecule has 0 saturated carbocycles. The van der Waals surface area contributed by atoms with Crippen LogP contribution in [0.3, 0.4) is 0 Å². The highest BCUT2D eigenvalue weighted by atomic mass is 16.5. The molecule has 0 N–H and O–H groups in total. The third-order valence-electron chi connectivity index (χ3n) is 6.50. The summed E-state index contributed by atoms with van der Waals surface area (Å²) in [5.74, 6) is 1.97. The lowest BCUT2D eigenvalue weighted by molar-refractivity contribution is 0.0699. The molecular formula is C31H42N2O3. The van der Waals surface area contributed by atoms with Crippen LogP contribution < -0.4 is 4.74 Å². The third kappa shape index (κ3) is 9.60. The standard InChI is InChI=1S/C31H42N2O3/c1-3-5-7-8-9-10-11-12-14-16-30-32-23-26(24-33-30)25-17-19-28(20-18-25)36-31(34)29-22-21-27(35-29)15-13-6-4-2/h17-24H,3-16H2,1-2H3. The predicted molar refractivity (Wildman–Crippen MR) is 145 cm³/mol. The lowest BCUT2D eigenvalue weighted by Crippen LogP contribution is -2.07. The van der Waals surface area contributed by atoms with Gasteiger partial charge in [-0.1, -0.05) is 90.2 Å². The van der Waals surface area contributed by atoms with E-state index < -0.39 is 5.97 Å². The molecule has 0 atom stereocenters. The SMILES string of the molecule is CCCCCCCCCCCc1ncc(-c2ccc(OC(=O)c3ccc(CCCCC)o3)cc2)cn1. The molecule has 194 valence electrons. The van der Waals surface area contributed by atoms with Crippen molar-refractivity contribution in [3.63, 3.8) is 0 Å². The van der Waals surface area contributed by atoms with Gasteiger partial charge in [-0.15, -0.1) is 0 Å². The molecule has 5 heteroatoms. The number of hydrogen-bond donors (Lipinski definition) is 0. The van der Waals surface area contributed by atoms with Crippen molar-refractivity contribution in [1.29, 1.82) is 0 Å². The number of unbranched alkanes of at least 4 members (excludes halogenated alkanes) is 10. The van der Waals surface area contributed by atoms with Gasteiger partial charge in [0.05, 0.1) is 0 Å². The highest BCUT2D eigenvalue weighted by Gasteiger charge is 2.14. The lowest BCUT2D eigenvalue weighted by atomic mass is 10.1. The summed E-state index contributed by atoms with van der Waals surface area (Å²) in [6.45, 7) is 4.43. The van der Waals surface area contributed by atoms with Gasteiger partial charge in [-0.2, -0.15) is 0 Å². The van der Waals surface area contributed by atoms with Crippen LogP contribution in [0.1, 0.15) is 113 Å². The van der Waals surface area contributed by atoms with Crippen LogP contribution in [0.5, 0.6) is 5.75 Å². The molecule has 2 heterocycles. The van der Waals surface area contributed by atoms with Crippen molar-refractivity contribution < 1.29 is 13.9 Å². The number of carbonyl (C=O) groups is 1. The Hall–Kier alpha value is -2.95. The predicted octanol–water partition coefficient (Wildman–Crippen LogP) is 8.76. The van der Waals surface area contributed by atoms with Gasteiger partial charge in [-0.3, -0.25) is 0 Å². The first kappa shape index (κ1) is 27.6. The number of aryl methyl sites for hydroxylation is 2. The molecule has 0 spiro atoms. The topological polar surface area (TPSA) is 65.2 Å². The second-order valence-electron chi connectivity index (χ2n) is 9.60. The first-order valence-electron chi connectivity index (χ1n) is 13.9. The van der Waals surface area contributed by atoms with Crippen LogP contribution >= 0.6 is 0 Å². The molecular weight excluding hydrogens is 448 g/mol. The van der Waals surface area contributed by atoms with E-state index in [2.05, 4.69) is 23.8 Å². The Balaban J connectivity index is 1.40. The van der Waals surface area contributed by atoms with Gasteiger partial charge in [0.2, 0.25) is 5.76 Å². The summed E-state index contributed by atoms with van der Waals surface area (Å²) in [4.78, 5) is 21.5. The van der Waals surface area contributed by atoms with E-state index >= 15 is 0 Å². The number of ether oxygens (including phenoxy) is 1. The molecule has 3 aromatic rings. The fourth-order valence-electron chi connectivity index (χ4n) is 4.27. The molecule has 0 saturated heterocycles. The summed E-state index contributed by atoms with van der Waals surface area (Å²) in [6, 6.07) is 10.9. The van der Waals surface area contributed by atoms with E-state index in [0.29, 0.717) is 5.75 Å². The normalized spacial score (nSPS) is 11.1. The summed E-state index contributed by atoms with van der Waals surface area (Å²) in [6.07, 6.45) is 20.7. The number of nitrogens with zero attached hydrogens (tertiary/aromatic N) is 2. The van der Waals surface area contributed by atoms with Crippen molar-refractivity contribution >= 4 is 5.97 Å². The van der Waals surface area contributed by atoms with Crippen molar-refractivity contribution in [3.8, 4) is 16.9 Å². The van der Waals surface area contributed by atoms with Crippen LogP contribution in [0.2, 0.25) is 0 Å². The maximum Gasteiger partial charge on any atom is 0.379 e. The molecule has 0 aliphatic rings. The Morgan fingerprint density at radius 2 is 1.28 bits per heavy atom. The molecule has 3 rings (SSSR count). The number of carbonyl (C=O) groups excluding carboxylic acids is 1. The molecule has 0 fully saturated rings. The number of furan rings is 1. The summed E-state index contributed by atoms with van der Waals surface area (Å²) < 4.78 is 11.1. The van der Waals surface area contributed by atoms with Crippen molar-refractivity contribution in [1.82, 2.24) is 9.97 Å². The van der Waals surface area contributed by atoms with Crippen molar-refractivity contribution in [2.75, 3.05) is 0 Å². The van der Waals surface area contributed by atoms with E-state index in [1.807, 2.05) is 30.6 Å². The first-order valence-corrected chi connectivity index (χ1v) is 13.9. The number of hydrogen-bond acceptors (Lipinski definition) is 5. The fraction of sp³-hybridized carbons (Fsp3) is 0.516. The Morgan fingerprint density at radius 3 is 1.94 bits per heavy atom. The lowest BCUT2D eigenvalue weighted by Gasteiger charge is -2.06. The van der Waals surface area contributed by atoms with Gasteiger partial charge in [0.25, 0.3) is 0 Å². The van der Waals surface area contributed by atoms with Gasteiger partial charge in [-0.05, 0) is 42.7 Å². The minimum atomic E-state index is -0.478. The maximum atomic E-state index is 12.4. The van der Waals surface area contributed by atoms with E-state index in [1.165, 1.54) is 51.4 Å². The highest BCUT2D eigenvalue weighted by Crippen LogP contribution is 2.23. The van der Waals surface area contributed by atoms with Crippen LogP contribution in [0.15, 0.2) is 53.2 Å². The van der Waals surface area contributed by atoms with Crippen LogP contribution in [0.4, 0.5) is 0 Å². The van der Waals surface area contributed by atoms with Gasteiger partial charge in [0.1, 0.15) is 17.3 Å². The molecule has 0 amide bonds. The van der Waals surface area contributed by atoms with Gasteiger partial charge in [0.15, 0.2) is 0 Å². The van der Waals surface area contributed by atoms with Crippen molar-refractivity contribution in [2.24, 2.45) is 0 Å². The summed E-state index contributed by atoms with van der Waals surface area (Å²) in [5, 5.41) is 0. The van der Waals surface area contributed by atoms with E-state index in [9.17, 15) is 4.79 Å². The third-order valence-corrected chi connectivity index (χ3v) is 6.50. The van der Waals surface area contributed by atoms with Crippen molar-refractivity contribution in [3.05, 3.63) is 66.1 Å². The van der Waals surface area contributed by atoms with Gasteiger partial charge >= 0.3 is 5.97 Å². The zero-order valence-corrected chi connectivity index (χ0v) is 22.1. The van der Waals surface area contributed by atoms with Crippen LogP contribution in [0, 0.1) is 0 Å². The average Bonchev–Trinajstić information content (AvgIpc) is 3.38. The van der Waals surface area contributed by atoms with E-state index in [-0.39, 0.29) is 5.76 Å². The molecule has 0 aliphatic carbocycles. The van der Waals surface area contributed by atoms with Crippen LogP contribution in [-0.2, 0) is 12.8 Å². The molecule has 2 aromatic heterocycles. The van der Waals surface area contributed by atoms with Crippen LogP contribution in [0.25, 0.3) is 11.1 Å². The molecule has 0 radical (unpaired) electrons. The molecule has 0 aliphatic heterocycles. The number of benzene rings is 1. The average molecular weight is 491 g/mol. The molecule has 0 unspecified atom stereocenters. The van der Waals surface area contributed by atoms with Gasteiger partial charge in [-0.25, -0.2) is 14.8 Å². The summed E-state index contributed by atoms with van der Waals surface area (Å²) >= 11 is 0. The Labute approximate surface area is 216 Å². The fourth-order valence-corrected chi connectivity index (χ4v) is 4.27. The van der Waals surface area contributed by atoms with Gasteiger partial charge in [0, 0.05) is 30.8 Å². The monoisotopic (exact) mass is 490 g/mol. The molecule has 36 heavy (non-hydrogen) atoms. The number of esters is 1. The zero-order valence-electron chi connectivity index (χ0n) is 22.1. The largest absolute Gasteiger partial charge is 0.454 e. The quantitative estimate of drug-likeness (QED) is 0.107. The smallest absolute Gasteiger partial charge is 0.379 e. The minimum absolute atomic E-state index is 0.238. The Kier molecular flexibility index (Phi) is 12.2. The Bertz CT molecular complexity index is 1010. The van der Waals surface area contributed by atoms with Crippen molar-refractivity contribution in [2.45, 2.75) is 104 Å². The Morgan fingerprint density at radius 1 is 0.694 bits per heavy atom. The first-order chi connectivity index (χ1) is 17.7. The highest BCUT2D eigenvalue weighted by molar-refractivity contribution is 5.88. The molecule has 5 nitrogen and oxygen atoms in total. The summed E-state index contributed by atoms with van der Waals surface area (Å²) in [7, 11) is 0. The minimum Gasteiger partial charge on any atom is -0.454 e. The number of rotatable bonds is 17. The molecule has 0 bridgehead atoms. The van der Waals surface area contributed by atoms with E-state index in [0.717, 1.165) is 61.2 Å². The van der Waals surface area contributed by atoms with Gasteiger partial charge < -0.3 is 9.15 Å². The second-order valence-corrected chi connectivity index (χ2v) is 9.60. The summed E-state index contributed by atoms with van der Waals surface area (Å²) in [5.41, 5.74) is 1.94. The van der Waals surface area contributed by atoms with E-state index in [1.54, 1.807) is 18.2 Å².